The average Bonchev–Trinajstić information content (AvgIpc) is 2.37. The van der Waals surface area contributed by atoms with Crippen LogP contribution in [-0.2, 0) is 4.79 Å². The second-order valence-electron chi connectivity index (χ2n) is 5.24. The Labute approximate surface area is 104 Å². The number of carbonyl (C=O) groups is 1. The van der Waals surface area contributed by atoms with E-state index in [2.05, 4.69) is 24.5 Å². The lowest BCUT2D eigenvalue weighted by Gasteiger charge is -2.36. The van der Waals surface area contributed by atoms with Crippen LogP contribution < -0.4 is 10.6 Å². The highest BCUT2D eigenvalue weighted by molar-refractivity contribution is 5.78. The molecule has 0 radical (unpaired) electrons. The van der Waals surface area contributed by atoms with Gasteiger partial charge in [0.15, 0.2) is 0 Å². The van der Waals surface area contributed by atoms with Gasteiger partial charge in [-0.3, -0.25) is 4.79 Å². The van der Waals surface area contributed by atoms with Crippen molar-refractivity contribution >= 4 is 5.91 Å². The summed E-state index contributed by atoms with van der Waals surface area (Å²) in [4.78, 5) is 11.8. The van der Waals surface area contributed by atoms with Crippen molar-refractivity contribution in [2.75, 3.05) is 13.2 Å². The van der Waals surface area contributed by atoms with Gasteiger partial charge in [0.1, 0.15) is 0 Å². The lowest BCUT2D eigenvalue weighted by atomic mass is 9.82. The van der Waals surface area contributed by atoms with E-state index in [0.29, 0.717) is 12.6 Å². The third kappa shape index (κ3) is 4.64. The fourth-order valence-electron chi connectivity index (χ4n) is 2.30. The minimum Gasteiger partial charge on any atom is -0.394 e. The molecule has 1 rings (SSSR count). The first kappa shape index (κ1) is 14.5. The van der Waals surface area contributed by atoms with E-state index in [0.717, 1.165) is 32.1 Å². The first-order valence-electron chi connectivity index (χ1n) is 6.77. The number of hydrogen-bond donors (Lipinski definition) is 3. The third-order valence-electron chi connectivity index (χ3n) is 3.74. The van der Waals surface area contributed by atoms with E-state index in [1.165, 1.54) is 6.42 Å². The fourth-order valence-corrected chi connectivity index (χ4v) is 2.30. The highest BCUT2D eigenvalue weighted by Gasteiger charge is 2.32. The topological polar surface area (TPSA) is 61.4 Å². The van der Waals surface area contributed by atoms with Crippen molar-refractivity contribution in [2.24, 2.45) is 0 Å². The van der Waals surface area contributed by atoms with Crippen molar-refractivity contribution in [3.05, 3.63) is 0 Å². The molecule has 0 bridgehead atoms. The minimum absolute atomic E-state index is 0.00116. The van der Waals surface area contributed by atoms with Gasteiger partial charge in [0, 0.05) is 6.04 Å². The van der Waals surface area contributed by atoms with Crippen LogP contribution in [0.5, 0.6) is 0 Å². The molecule has 0 heterocycles. The van der Waals surface area contributed by atoms with Crippen LogP contribution in [0.4, 0.5) is 0 Å². The molecule has 1 unspecified atom stereocenters. The second-order valence-corrected chi connectivity index (χ2v) is 5.24. The molecule has 1 saturated carbocycles. The molecule has 100 valence electrons. The van der Waals surface area contributed by atoms with Gasteiger partial charge in [-0.2, -0.15) is 0 Å². The summed E-state index contributed by atoms with van der Waals surface area (Å²) in [7, 11) is 0. The normalized spacial score (nSPS) is 20.9. The second kappa shape index (κ2) is 6.97. The Bertz CT molecular complexity index is 238. The van der Waals surface area contributed by atoms with E-state index in [1.807, 2.05) is 0 Å². The molecule has 3 N–H and O–H groups in total. The van der Waals surface area contributed by atoms with Gasteiger partial charge in [0.2, 0.25) is 5.91 Å². The highest BCUT2D eigenvalue weighted by atomic mass is 16.3. The summed E-state index contributed by atoms with van der Waals surface area (Å²) >= 11 is 0. The quantitative estimate of drug-likeness (QED) is 0.655. The van der Waals surface area contributed by atoms with Crippen LogP contribution in [0.3, 0.4) is 0 Å². The van der Waals surface area contributed by atoms with E-state index in [4.69, 9.17) is 0 Å². The summed E-state index contributed by atoms with van der Waals surface area (Å²) in [5, 5.41) is 15.7. The molecule has 0 aromatic carbocycles. The standard InChI is InChI=1S/C13H26N2O2/c1-3-11(2)14-9-12(17)15-13(10-16)7-5-4-6-8-13/h11,14,16H,3-10H2,1-2H3,(H,15,17). The Kier molecular flexibility index (Phi) is 5.92. The lowest BCUT2D eigenvalue weighted by Crippen LogP contribution is -2.54. The van der Waals surface area contributed by atoms with Crippen molar-refractivity contribution in [1.82, 2.24) is 10.6 Å². The Balaban J connectivity index is 2.37. The summed E-state index contributed by atoms with van der Waals surface area (Å²) in [6, 6.07) is 0.359. The van der Waals surface area contributed by atoms with Gasteiger partial charge < -0.3 is 15.7 Å². The largest absolute Gasteiger partial charge is 0.394 e. The monoisotopic (exact) mass is 242 g/mol. The molecule has 0 spiro atoms. The van der Waals surface area contributed by atoms with E-state index in [1.54, 1.807) is 0 Å². The van der Waals surface area contributed by atoms with Gasteiger partial charge in [0.25, 0.3) is 0 Å². The molecular formula is C13H26N2O2. The van der Waals surface area contributed by atoms with Gasteiger partial charge in [-0.15, -0.1) is 0 Å². The number of nitrogens with one attached hydrogen (secondary N) is 2. The van der Waals surface area contributed by atoms with Gasteiger partial charge in [-0.05, 0) is 26.2 Å². The maximum Gasteiger partial charge on any atom is 0.234 e. The molecule has 0 aromatic heterocycles. The van der Waals surface area contributed by atoms with Crippen LogP contribution in [0.2, 0.25) is 0 Å². The first-order valence-corrected chi connectivity index (χ1v) is 6.77. The SMILES string of the molecule is CCC(C)NCC(=O)NC1(CO)CCCCC1. The number of aliphatic hydroxyl groups is 1. The van der Waals surface area contributed by atoms with E-state index in [9.17, 15) is 9.90 Å². The maximum atomic E-state index is 11.8. The zero-order valence-corrected chi connectivity index (χ0v) is 11.1. The maximum absolute atomic E-state index is 11.8. The summed E-state index contributed by atoms with van der Waals surface area (Å²) < 4.78 is 0. The van der Waals surface area contributed by atoms with Crippen LogP contribution in [-0.4, -0.2) is 35.7 Å². The van der Waals surface area contributed by atoms with E-state index < -0.39 is 0 Å². The smallest absolute Gasteiger partial charge is 0.234 e. The zero-order chi connectivity index (χ0) is 12.7. The minimum atomic E-state index is -0.355. The molecule has 4 nitrogen and oxygen atoms in total. The third-order valence-corrected chi connectivity index (χ3v) is 3.74. The van der Waals surface area contributed by atoms with Crippen molar-refractivity contribution in [1.29, 1.82) is 0 Å². The van der Waals surface area contributed by atoms with Crippen LogP contribution in [0.15, 0.2) is 0 Å². The van der Waals surface area contributed by atoms with Crippen molar-refractivity contribution in [3.63, 3.8) is 0 Å². The Morgan fingerprint density at radius 2 is 2.00 bits per heavy atom. The molecular weight excluding hydrogens is 216 g/mol. The highest BCUT2D eigenvalue weighted by Crippen LogP contribution is 2.27. The lowest BCUT2D eigenvalue weighted by molar-refractivity contribution is -0.123. The number of rotatable bonds is 6. The van der Waals surface area contributed by atoms with Crippen LogP contribution in [0.1, 0.15) is 52.4 Å². The van der Waals surface area contributed by atoms with Gasteiger partial charge in [-0.25, -0.2) is 0 Å². The number of carbonyl (C=O) groups excluding carboxylic acids is 1. The van der Waals surface area contributed by atoms with E-state index >= 15 is 0 Å². The summed E-state index contributed by atoms with van der Waals surface area (Å²) in [5.74, 6) is 0.00116. The molecule has 1 amide bonds. The molecule has 0 aromatic rings. The summed E-state index contributed by atoms with van der Waals surface area (Å²) in [5.41, 5.74) is -0.355. The van der Waals surface area contributed by atoms with Gasteiger partial charge in [-0.1, -0.05) is 26.2 Å². The van der Waals surface area contributed by atoms with Gasteiger partial charge >= 0.3 is 0 Å². The molecule has 1 atom stereocenters. The van der Waals surface area contributed by atoms with Crippen molar-refractivity contribution in [3.8, 4) is 0 Å². The molecule has 17 heavy (non-hydrogen) atoms. The molecule has 4 heteroatoms. The molecule has 1 aliphatic rings. The predicted molar refractivity (Wildman–Crippen MR) is 68.8 cm³/mol. The fraction of sp³-hybridized carbons (Fsp3) is 0.923. The number of amides is 1. The summed E-state index contributed by atoms with van der Waals surface area (Å²) in [6.45, 7) is 4.56. The molecule has 1 aliphatic carbocycles. The Morgan fingerprint density at radius 3 is 2.53 bits per heavy atom. The first-order chi connectivity index (χ1) is 8.12. The predicted octanol–water partition coefficient (Wildman–Crippen LogP) is 1.19. The molecule has 0 aliphatic heterocycles. The Hall–Kier alpha value is -0.610. The van der Waals surface area contributed by atoms with Crippen LogP contribution >= 0.6 is 0 Å². The zero-order valence-electron chi connectivity index (χ0n) is 11.1. The van der Waals surface area contributed by atoms with E-state index in [-0.39, 0.29) is 18.1 Å². The number of hydrogen-bond acceptors (Lipinski definition) is 3. The van der Waals surface area contributed by atoms with Crippen molar-refractivity contribution < 1.29 is 9.90 Å². The average molecular weight is 242 g/mol. The summed E-state index contributed by atoms with van der Waals surface area (Å²) in [6.07, 6.45) is 6.22. The van der Waals surface area contributed by atoms with Crippen LogP contribution in [0.25, 0.3) is 0 Å². The van der Waals surface area contributed by atoms with Gasteiger partial charge in [0.05, 0.1) is 18.7 Å². The van der Waals surface area contributed by atoms with Crippen molar-refractivity contribution in [2.45, 2.75) is 64.0 Å². The Morgan fingerprint density at radius 1 is 1.35 bits per heavy atom. The molecule has 0 saturated heterocycles. The van der Waals surface area contributed by atoms with Crippen LogP contribution in [0, 0.1) is 0 Å². The molecule has 1 fully saturated rings. The number of aliphatic hydroxyl groups excluding tert-OH is 1.